The van der Waals surface area contributed by atoms with Gasteiger partial charge in [0.25, 0.3) is 0 Å². The fraction of sp³-hybridized carbons (Fsp3) is 0. The molecule has 0 saturated heterocycles. The van der Waals surface area contributed by atoms with Gasteiger partial charge in [0.2, 0.25) is 0 Å². The van der Waals surface area contributed by atoms with Crippen LogP contribution in [0.25, 0.3) is 33.7 Å². The van der Waals surface area contributed by atoms with Crippen LogP contribution >= 0.6 is 0 Å². The molecule has 0 aliphatic rings. The first-order valence-corrected chi connectivity index (χ1v) is 7.28. The lowest BCUT2D eigenvalue weighted by atomic mass is 9.96. The molecule has 4 aromatic rings. The first-order chi connectivity index (χ1) is 10.9. The minimum absolute atomic E-state index is 0.861. The number of rotatable bonds is 2. The predicted molar refractivity (Wildman–Crippen MR) is 92.4 cm³/mol. The summed E-state index contributed by atoms with van der Waals surface area (Å²) in [6, 6.07) is 23.0. The average Bonchev–Trinajstić information content (AvgIpc) is 2.59. The quantitative estimate of drug-likeness (QED) is 0.486. The molecule has 0 unspecified atom stereocenters. The highest BCUT2D eigenvalue weighted by Gasteiger charge is 2.04. The monoisotopic (exact) mass is 282 g/mol. The molecule has 0 bridgehead atoms. The van der Waals surface area contributed by atoms with Crippen molar-refractivity contribution in [1.82, 2.24) is 10.2 Å². The van der Waals surface area contributed by atoms with Crippen molar-refractivity contribution in [2.75, 3.05) is 0 Å². The van der Waals surface area contributed by atoms with Crippen molar-refractivity contribution < 1.29 is 0 Å². The Balaban J connectivity index is 1.98. The molecule has 0 amide bonds. The molecule has 1 aromatic heterocycles. The first-order valence-electron chi connectivity index (χ1n) is 7.28. The summed E-state index contributed by atoms with van der Waals surface area (Å²) in [6.45, 7) is 0. The van der Waals surface area contributed by atoms with Crippen molar-refractivity contribution in [2.45, 2.75) is 0 Å². The molecule has 0 radical (unpaired) electrons. The van der Waals surface area contributed by atoms with Crippen molar-refractivity contribution in [3.63, 3.8) is 0 Å². The third-order valence-corrected chi connectivity index (χ3v) is 3.83. The summed E-state index contributed by atoms with van der Waals surface area (Å²) in [5, 5.41) is 13.0. The SMILES string of the molecule is C(=C\c1c2ccccc2cc2ccccc12)/c1cccnn1. The van der Waals surface area contributed by atoms with E-state index in [1.807, 2.05) is 18.2 Å². The standard InChI is InChI=1S/C20H14N2/c1-3-9-18-15(6-1)14-16-7-2-4-10-19(16)20(18)12-11-17-8-5-13-21-22-17/h1-14H/b12-11+. The molecule has 4 rings (SSSR count). The molecule has 0 fully saturated rings. The summed E-state index contributed by atoms with van der Waals surface area (Å²) in [5.41, 5.74) is 2.08. The van der Waals surface area contributed by atoms with Gasteiger partial charge in [-0.2, -0.15) is 10.2 Å². The maximum atomic E-state index is 4.12. The Kier molecular flexibility index (Phi) is 3.13. The molecule has 2 nitrogen and oxygen atoms in total. The summed E-state index contributed by atoms with van der Waals surface area (Å²) in [4.78, 5) is 0. The summed E-state index contributed by atoms with van der Waals surface area (Å²) in [7, 11) is 0. The normalized spacial score (nSPS) is 11.5. The number of benzene rings is 3. The third kappa shape index (κ3) is 2.25. The van der Waals surface area contributed by atoms with Crippen LogP contribution in [0.2, 0.25) is 0 Å². The van der Waals surface area contributed by atoms with Crippen LogP contribution in [0.3, 0.4) is 0 Å². The number of hydrogen-bond donors (Lipinski definition) is 0. The number of aromatic nitrogens is 2. The molecule has 0 saturated carbocycles. The highest BCUT2D eigenvalue weighted by molar-refractivity contribution is 6.07. The molecule has 2 heteroatoms. The third-order valence-electron chi connectivity index (χ3n) is 3.83. The second-order valence-electron chi connectivity index (χ2n) is 5.21. The molecule has 1 heterocycles. The molecule has 104 valence electrons. The van der Waals surface area contributed by atoms with Gasteiger partial charge in [-0.3, -0.25) is 0 Å². The van der Waals surface area contributed by atoms with Gasteiger partial charge in [-0.25, -0.2) is 0 Å². The van der Waals surface area contributed by atoms with E-state index in [1.165, 1.54) is 27.1 Å². The van der Waals surface area contributed by atoms with Crippen LogP contribution in [0.4, 0.5) is 0 Å². The fourth-order valence-corrected chi connectivity index (χ4v) is 2.80. The van der Waals surface area contributed by atoms with Gasteiger partial charge in [0.15, 0.2) is 0 Å². The van der Waals surface area contributed by atoms with Crippen LogP contribution in [0, 0.1) is 0 Å². The molecule has 3 aromatic carbocycles. The lowest BCUT2D eigenvalue weighted by molar-refractivity contribution is 1.02. The minimum Gasteiger partial charge on any atom is -0.159 e. The smallest absolute Gasteiger partial charge is 0.0857 e. The molecular weight excluding hydrogens is 268 g/mol. The lowest BCUT2D eigenvalue weighted by Gasteiger charge is -2.08. The Labute approximate surface area is 128 Å². The maximum Gasteiger partial charge on any atom is 0.0857 e. The van der Waals surface area contributed by atoms with E-state index in [0.29, 0.717) is 0 Å². The van der Waals surface area contributed by atoms with Gasteiger partial charge in [0, 0.05) is 6.20 Å². The zero-order valence-electron chi connectivity index (χ0n) is 12.0. The molecule has 0 spiro atoms. The van der Waals surface area contributed by atoms with Gasteiger partial charge < -0.3 is 0 Å². The van der Waals surface area contributed by atoms with Crippen molar-refractivity contribution >= 4 is 33.7 Å². The van der Waals surface area contributed by atoms with Gasteiger partial charge in [0.05, 0.1) is 5.69 Å². The van der Waals surface area contributed by atoms with Gasteiger partial charge in [-0.1, -0.05) is 54.6 Å². The fourth-order valence-electron chi connectivity index (χ4n) is 2.80. The number of nitrogens with zero attached hydrogens (tertiary/aromatic N) is 2. The Morgan fingerprint density at radius 1 is 0.682 bits per heavy atom. The van der Waals surface area contributed by atoms with Crippen LogP contribution in [-0.2, 0) is 0 Å². The lowest BCUT2D eigenvalue weighted by Crippen LogP contribution is -1.85. The predicted octanol–water partition coefficient (Wildman–Crippen LogP) is 4.95. The Hall–Kier alpha value is -3.00. The molecular formula is C20H14N2. The summed E-state index contributed by atoms with van der Waals surface area (Å²) < 4.78 is 0. The van der Waals surface area contributed by atoms with Crippen LogP contribution in [-0.4, -0.2) is 10.2 Å². The van der Waals surface area contributed by atoms with E-state index in [0.717, 1.165) is 5.69 Å². The van der Waals surface area contributed by atoms with E-state index >= 15 is 0 Å². The molecule has 22 heavy (non-hydrogen) atoms. The molecule has 0 aliphatic carbocycles. The second-order valence-corrected chi connectivity index (χ2v) is 5.21. The van der Waals surface area contributed by atoms with Gasteiger partial charge in [-0.05, 0) is 51.4 Å². The Morgan fingerprint density at radius 2 is 1.36 bits per heavy atom. The van der Waals surface area contributed by atoms with Gasteiger partial charge in [-0.15, -0.1) is 0 Å². The molecule has 0 aliphatic heterocycles. The van der Waals surface area contributed by atoms with Crippen molar-refractivity contribution in [3.05, 3.63) is 84.2 Å². The van der Waals surface area contributed by atoms with E-state index < -0.39 is 0 Å². The van der Waals surface area contributed by atoms with E-state index in [2.05, 4.69) is 70.9 Å². The van der Waals surface area contributed by atoms with E-state index in [1.54, 1.807) is 6.20 Å². The highest BCUT2D eigenvalue weighted by atomic mass is 15.1. The maximum absolute atomic E-state index is 4.12. The zero-order valence-corrected chi connectivity index (χ0v) is 12.0. The van der Waals surface area contributed by atoms with Gasteiger partial charge >= 0.3 is 0 Å². The minimum atomic E-state index is 0.861. The second kappa shape index (κ2) is 5.41. The number of fused-ring (bicyclic) bond motifs is 2. The Morgan fingerprint density at radius 3 is 2.00 bits per heavy atom. The topological polar surface area (TPSA) is 25.8 Å². The van der Waals surface area contributed by atoms with Crippen molar-refractivity contribution in [2.24, 2.45) is 0 Å². The van der Waals surface area contributed by atoms with Crippen LogP contribution in [0.15, 0.2) is 72.9 Å². The van der Waals surface area contributed by atoms with Crippen molar-refractivity contribution in [1.29, 1.82) is 0 Å². The van der Waals surface area contributed by atoms with Gasteiger partial charge in [0.1, 0.15) is 0 Å². The van der Waals surface area contributed by atoms with E-state index in [-0.39, 0.29) is 0 Å². The zero-order chi connectivity index (χ0) is 14.8. The van der Waals surface area contributed by atoms with Crippen molar-refractivity contribution in [3.8, 4) is 0 Å². The average molecular weight is 282 g/mol. The summed E-state index contributed by atoms with van der Waals surface area (Å²) in [6.07, 6.45) is 5.83. The number of hydrogen-bond acceptors (Lipinski definition) is 2. The van der Waals surface area contributed by atoms with Crippen LogP contribution < -0.4 is 0 Å². The summed E-state index contributed by atoms with van der Waals surface area (Å²) >= 11 is 0. The Bertz CT molecular complexity index is 918. The highest BCUT2D eigenvalue weighted by Crippen LogP contribution is 2.29. The largest absolute Gasteiger partial charge is 0.159 e. The first kappa shape index (κ1) is 12.7. The van der Waals surface area contributed by atoms with E-state index in [4.69, 9.17) is 0 Å². The van der Waals surface area contributed by atoms with E-state index in [9.17, 15) is 0 Å². The summed E-state index contributed by atoms with van der Waals surface area (Å²) in [5.74, 6) is 0. The molecule has 0 atom stereocenters. The molecule has 0 N–H and O–H groups in total. The van der Waals surface area contributed by atoms with Crippen LogP contribution in [0.5, 0.6) is 0 Å². The van der Waals surface area contributed by atoms with Crippen LogP contribution in [0.1, 0.15) is 11.3 Å².